The molecule has 0 saturated heterocycles. The van der Waals surface area contributed by atoms with Crippen LogP contribution in [0.15, 0.2) is 12.1 Å². The summed E-state index contributed by atoms with van der Waals surface area (Å²) in [7, 11) is 0. The number of carbonyl (C=O) groups excluding carboxylic acids is 1. The van der Waals surface area contributed by atoms with Crippen LogP contribution in [-0.2, 0) is 5.41 Å². The van der Waals surface area contributed by atoms with Crippen LogP contribution >= 0.6 is 0 Å². The van der Waals surface area contributed by atoms with Crippen molar-refractivity contribution < 1.29 is 4.79 Å². The topological polar surface area (TPSA) is 80.0 Å². The third kappa shape index (κ3) is 4.81. The van der Waals surface area contributed by atoms with Crippen LogP contribution in [0.4, 0.5) is 5.82 Å². The third-order valence-corrected chi connectivity index (χ3v) is 3.01. The number of pyridine rings is 1. The van der Waals surface area contributed by atoms with Crippen molar-refractivity contribution in [3.63, 3.8) is 0 Å². The van der Waals surface area contributed by atoms with Crippen molar-refractivity contribution in [2.75, 3.05) is 12.0 Å². The summed E-state index contributed by atoms with van der Waals surface area (Å²) in [5.74, 6) is 6.41. The molecule has 0 spiro atoms. The number of amides is 1. The summed E-state index contributed by atoms with van der Waals surface area (Å²) in [5, 5.41) is 2.92. The zero-order valence-electron chi connectivity index (χ0n) is 13.1. The van der Waals surface area contributed by atoms with E-state index in [2.05, 4.69) is 50.3 Å². The molecule has 20 heavy (non-hydrogen) atoms. The number of hydrazine groups is 1. The van der Waals surface area contributed by atoms with E-state index in [1.165, 1.54) is 0 Å². The molecule has 5 nitrogen and oxygen atoms in total. The summed E-state index contributed by atoms with van der Waals surface area (Å²) < 4.78 is 0. The minimum absolute atomic E-state index is 0.0879. The standard InChI is InChI=1S/C15H26N4O/c1-10(2)6-7-17-14(20)11-8-12(15(3,4)5)18-13(9-11)19-16/h8-10H,6-7,16H2,1-5H3,(H,17,20)(H,18,19). The lowest BCUT2D eigenvalue weighted by Gasteiger charge is -2.19. The summed E-state index contributed by atoms with van der Waals surface area (Å²) in [4.78, 5) is 16.6. The molecule has 1 rings (SSSR count). The second-order valence-corrected chi connectivity index (χ2v) is 6.46. The molecule has 0 atom stereocenters. The molecule has 112 valence electrons. The fourth-order valence-electron chi connectivity index (χ4n) is 1.70. The quantitative estimate of drug-likeness (QED) is 0.571. The largest absolute Gasteiger partial charge is 0.352 e. The first kappa shape index (κ1) is 16.4. The summed E-state index contributed by atoms with van der Waals surface area (Å²) in [6.45, 7) is 11.1. The molecule has 1 amide bonds. The molecule has 0 aliphatic carbocycles. The highest BCUT2D eigenvalue weighted by atomic mass is 16.1. The Bertz CT molecular complexity index is 463. The molecule has 1 heterocycles. The number of rotatable bonds is 5. The summed E-state index contributed by atoms with van der Waals surface area (Å²) >= 11 is 0. The van der Waals surface area contributed by atoms with Gasteiger partial charge in [-0.3, -0.25) is 4.79 Å². The van der Waals surface area contributed by atoms with Gasteiger partial charge in [0.2, 0.25) is 0 Å². The molecular weight excluding hydrogens is 252 g/mol. The van der Waals surface area contributed by atoms with Gasteiger partial charge in [0.1, 0.15) is 5.82 Å². The average molecular weight is 278 g/mol. The Hall–Kier alpha value is -1.62. The lowest BCUT2D eigenvalue weighted by molar-refractivity contribution is 0.0952. The Morgan fingerprint density at radius 1 is 1.35 bits per heavy atom. The first-order chi connectivity index (χ1) is 9.24. The minimum Gasteiger partial charge on any atom is -0.352 e. The molecule has 0 fully saturated rings. The van der Waals surface area contributed by atoms with E-state index in [0.29, 0.717) is 23.8 Å². The highest BCUT2D eigenvalue weighted by molar-refractivity contribution is 5.95. The molecular formula is C15H26N4O. The lowest BCUT2D eigenvalue weighted by Crippen LogP contribution is -2.27. The Labute approximate surface area is 121 Å². The van der Waals surface area contributed by atoms with Crippen molar-refractivity contribution in [3.8, 4) is 0 Å². The van der Waals surface area contributed by atoms with E-state index < -0.39 is 0 Å². The molecule has 0 aliphatic heterocycles. The molecule has 1 aromatic heterocycles. The van der Waals surface area contributed by atoms with Gasteiger partial charge in [0.15, 0.2) is 0 Å². The van der Waals surface area contributed by atoms with Gasteiger partial charge in [0.05, 0.1) is 0 Å². The average Bonchev–Trinajstić information content (AvgIpc) is 2.36. The Morgan fingerprint density at radius 2 is 2.00 bits per heavy atom. The van der Waals surface area contributed by atoms with E-state index in [1.807, 2.05) is 6.07 Å². The molecule has 0 bridgehead atoms. The van der Waals surface area contributed by atoms with E-state index in [4.69, 9.17) is 5.84 Å². The number of nitrogens with two attached hydrogens (primary N) is 1. The van der Waals surface area contributed by atoms with Crippen LogP contribution in [0, 0.1) is 5.92 Å². The number of nitrogens with one attached hydrogen (secondary N) is 2. The first-order valence-corrected chi connectivity index (χ1v) is 7.01. The number of carbonyl (C=O) groups is 1. The van der Waals surface area contributed by atoms with Crippen molar-refractivity contribution in [2.45, 2.75) is 46.5 Å². The smallest absolute Gasteiger partial charge is 0.251 e. The van der Waals surface area contributed by atoms with Crippen molar-refractivity contribution >= 4 is 11.7 Å². The van der Waals surface area contributed by atoms with Gasteiger partial charge >= 0.3 is 0 Å². The molecule has 0 radical (unpaired) electrons. The number of aromatic nitrogens is 1. The maximum absolute atomic E-state index is 12.2. The van der Waals surface area contributed by atoms with E-state index in [0.717, 1.165) is 12.1 Å². The van der Waals surface area contributed by atoms with Gasteiger partial charge in [-0.25, -0.2) is 10.8 Å². The predicted molar refractivity (Wildman–Crippen MR) is 82.5 cm³/mol. The van der Waals surface area contributed by atoms with Crippen LogP contribution in [-0.4, -0.2) is 17.4 Å². The zero-order valence-corrected chi connectivity index (χ0v) is 13.1. The second kappa shape index (κ2) is 6.70. The van der Waals surface area contributed by atoms with Gasteiger partial charge in [0, 0.05) is 23.2 Å². The number of hydrogen-bond donors (Lipinski definition) is 3. The SMILES string of the molecule is CC(C)CCNC(=O)c1cc(NN)nc(C(C)(C)C)c1. The lowest BCUT2D eigenvalue weighted by atomic mass is 9.90. The first-order valence-electron chi connectivity index (χ1n) is 7.01. The molecule has 5 heteroatoms. The molecule has 0 aliphatic rings. The van der Waals surface area contributed by atoms with E-state index >= 15 is 0 Å². The number of hydrogen-bond acceptors (Lipinski definition) is 4. The summed E-state index contributed by atoms with van der Waals surface area (Å²) in [6.07, 6.45) is 0.963. The van der Waals surface area contributed by atoms with Gasteiger partial charge in [-0.1, -0.05) is 34.6 Å². The molecule has 4 N–H and O–H groups in total. The van der Waals surface area contributed by atoms with Crippen LogP contribution in [0.3, 0.4) is 0 Å². The Kier molecular flexibility index (Phi) is 5.51. The van der Waals surface area contributed by atoms with Gasteiger partial charge in [-0.2, -0.15) is 0 Å². The van der Waals surface area contributed by atoms with Gasteiger partial charge < -0.3 is 10.7 Å². The predicted octanol–water partition coefficient (Wildman–Crippen LogP) is 2.44. The normalized spacial score (nSPS) is 11.6. The Balaban J connectivity index is 2.91. The fraction of sp³-hybridized carbons (Fsp3) is 0.600. The summed E-state index contributed by atoms with van der Waals surface area (Å²) in [6, 6.07) is 3.49. The van der Waals surface area contributed by atoms with Crippen molar-refractivity contribution in [1.29, 1.82) is 0 Å². The van der Waals surface area contributed by atoms with Crippen LogP contribution in [0.5, 0.6) is 0 Å². The molecule has 0 saturated carbocycles. The Morgan fingerprint density at radius 3 is 2.50 bits per heavy atom. The molecule has 0 aromatic carbocycles. The monoisotopic (exact) mass is 278 g/mol. The molecule has 0 unspecified atom stereocenters. The van der Waals surface area contributed by atoms with E-state index in [9.17, 15) is 4.79 Å². The minimum atomic E-state index is -0.139. The van der Waals surface area contributed by atoms with Crippen LogP contribution in [0.2, 0.25) is 0 Å². The fourth-order valence-corrected chi connectivity index (χ4v) is 1.70. The maximum atomic E-state index is 12.2. The summed E-state index contributed by atoms with van der Waals surface area (Å²) in [5.41, 5.74) is 3.80. The van der Waals surface area contributed by atoms with E-state index in [1.54, 1.807) is 6.07 Å². The van der Waals surface area contributed by atoms with Gasteiger partial charge in [0.25, 0.3) is 5.91 Å². The number of nitrogen functional groups attached to an aromatic ring is 1. The van der Waals surface area contributed by atoms with Crippen molar-refractivity contribution in [2.24, 2.45) is 11.8 Å². The highest BCUT2D eigenvalue weighted by Gasteiger charge is 2.19. The zero-order chi connectivity index (χ0) is 15.3. The second-order valence-electron chi connectivity index (χ2n) is 6.46. The van der Waals surface area contributed by atoms with Crippen LogP contribution in [0.1, 0.15) is 57.1 Å². The highest BCUT2D eigenvalue weighted by Crippen LogP contribution is 2.23. The van der Waals surface area contributed by atoms with Gasteiger partial charge in [-0.05, 0) is 24.5 Å². The van der Waals surface area contributed by atoms with Crippen LogP contribution in [0.25, 0.3) is 0 Å². The third-order valence-electron chi connectivity index (χ3n) is 3.01. The van der Waals surface area contributed by atoms with Crippen molar-refractivity contribution in [1.82, 2.24) is 10.3 Å². The maximum Gasteiger partial charge on any atom is 0.251 e. The molecule has 1 aromatic rings. The van der Waals surface area contributed by atoms with Crippen molar-refractivity contribution in [3.05, 3.63) is 23.4 Å². The van der Waals surface area contributed by atoms with Crippen LogP contribution < -0.4 is 16.6 Å². The van der Waals surface area contributed by atoms with Gasteiger partial charge in [-0.15, -0.1) is 0 Å². The number of anilines is 1. The number of nitrogens with zero attached hydrogens (tertiary/aromatic N) is 1. The van der Waals surface area contributed by atoms with E-state index in [-0.39, 0.29) is 11.3 Å².